The van der Waals surface area contributed by atoms with Crippen molar-refractivity contribution in [2.24, 2.45) is 0 Å². The summed E-state index contributed by atoms with van der Waals surface area (Å²) in [4.78, 5) is 1.23. The smallest absolute Gasteiger partial charge is 0.119 e. The van der Waals surface area contributed by atoms with E-state index in [2.05, 4.69) is 13.0 Å². The highest BCUT2D eigenvalue weighted by atomic mass is 32.2. The van der Waals surface area contributed by atoms with Crippen molar-refractivity contribution in [2.75, 3.05) is 18.1 Å². The average Bonchev–Trinajstić information content (AvgIpc) is 2.40. The summed E-state index contributed by atoms with van der Waals surface area (Å²) in [6, 6.07) is 15.9. The van der Waals surface area contributed by atoms with Crippen molar-refractivity contribution in [3.63, 3.8) is 0 Å². The Morgan fingerprint density at radius 1 is 1.06 bits per heavy atom. The van der Waals surface area contributed by atoms with Gasteiger partial charge in [0.25, 0.3) is 0 Å². The van der Waals surface area contributed by atoms with Crippen molar-refractivity contribution >= 4 is 17.4 Å². The van der Waals surface area contributed by atoms with Crippen molar-refractivity contribution in [3.05, 3.63) is 54.1 Å². The molecule has 0 aliphatic heterocycles. The molecule has 0 heterocycles. The van der Waals surface area contributed by atoms with Crippen molar-refractivity contribution < 1.29 is 4.74 Å². The molecule has 2 rings (SSSR count). The lowest BCUT2D eigenvalue weighted by Crippen LogP contribution is -2.00. The van der Waals surface area contributed by atoms with Gasteiger partial charge in [-0.1, -0.05) is 24.3 Å². The quantitative estimate of drug-likeness (QED) is 0.504. The van der Waals surface area contributed by atoms with Crippen LogP contribution in [0, 0.1) is 6.92 Å². The molecule has 0 atom stereocenters. The second-order valence-electron chi connectivity index (χ2n) is 3.98. The fraction of sp³-hybridized carbons (Fsp3) is 0.200. The zero-order valence-corrected chi connectivity index (χ0v) is 11.2. The highest BCUT2D eigenvalue weighted by Gasteiger charge is 2.01. The van der Waals surface area contributed by atoms with Crippen LogP contribution < -0.4 is 10.5 Å². The molecule has 0 spiro atoms. The van der Waals surface area contributed by atoms with Crippen LogP contribution in [-0.4, -0.2) is 12.4 Å². The van der Waals surface area contributed by atoms with Gasteiger partial charge in [0.1, 0.15) is 5.75 Å². The van der Waals surface area contributed by atoms with Gasteiger partial charge < -0.3 is 10.5 Å². The lowest BCUT2D eigenvalue weighted by Gasteiger charge is -2.09. The average molecular weight is 259 g/mol. The number of hydrogen-bond donors (Lipinski definition) is 1. The molecule has 0 saturated carbocycles. The summed E-state index contributed by atoms with van der Waals surface area (Å²) >= 11 is 1.78. The molecule has 3 heteroatoms. The summed E-state index contributed by atoms with van der Waals surface area (Å²) in [6.45, 7) is 2.75. The van der Waals surface area contributed by atoms with Crippen LogP contribution >= 0.6 is 11.8 Å². The zero-order valence-electron chi connectivity index (χ0n) is 10.4. The number of hydrogen-bond acceptors (Lipinski definition) is 3. The lowest BCUT2D eigenvalue weighted by molar-refractivity contribution is 0.344. The number of nitrogen functional groups attached to an aromatic ring is 1. The van der Waals surface area contributed by atoms with E-state index in [4.69, 9.17) is 10.5 Å². The van der Waals surface area contributed by atoms with Gasteiger partial charge in [0.05, 0.1) is 6.61 Å². The Hall–Kier alpha value is -1.61. The largest absolute Gasteiger partial charge is 0.493 e. The molecule has 0 amide bonds. The Labute approximate surface area is 112 Å². The van der Waals surface area contributed by atoms with E-state index in [1.807, 2.05) is 42.5 Å². The Bertz CT molecular complexity index is 499. The normalized spacial score (nSPS) is 10.3. The summed E-state index contributed by atoms with van der Waals surface area (Å²) in [6.07, 6.45) is 0. The summed E-state index contributed by atoms with van der Waals surface area (Å²) in [7, 11) is 0. The minimum absolute atomic E-state index is 0.697. The minimum atomic E-state index is 0.697. The number of anilines is 1. The molecule has 0 radical (unpaired) electrons. The molecule has 0 aliphatic rings. The molecule has 2 nitrogen and oxygen atoms in total. The molecule has 2 N–H and O–H groups in total. The van der Waals surface area contributed by atoms with Crippen molar-refractivity contribution in [3.8, 4) is 5.75 Å². The third kappa shape index (κ3) is 3.44. The standard InChI is InChI=1S/C15H17NOS/c1-12-14(16)8-5-9-15(12)18-11-10-17-13-6-3-2-4-7-13/h2-9H,10-11,16H2,1H3. The molecule has 2 aromatic carbocycles. The molecule has 0 bridgehead atoms. The van der Waals surface area contributed by atoms with E-state index in [0.717, 1.165) is 22.8 Å². The van der Waals surface area contributed by atoms with Gasteiger partial charge in [-0.05, 0) is 36.8 Å². The second-order valence-corrected chi connectivity index (χ2v) is 5.12. The molecular weight excluding hydrogens is 242 g/mol. The minimum Gasteiger partial charge on any atom is -0.493 e. The number of rotatable bonds is 5. The molecule has 18 heavy (non-hydrogen) atoms. The Balaban J connectivity index is 1.81. The van der Waals surface area contributed by atoms with Crippen LogP contribution in [0.4, 0.5) is 5.69 Å². The van der Waals surface area contributed by atoms with Gasteiger partial charge in [0.15, 0.2) is 0 Å². The summed E-state index contributed by atoms with van der Waals surface area (Å²) in [5.41, 5.74) is 7.88. The van der Waals surface area contributed by atoms with E-state index in [1.54, 1.807) is 11.8 Å². The van der Waals surface area contributed by atoms with E-state index in [9.17, 15) is 0 Å². The van der Waals surface area contributed by atoms with Gasteiger partial charge in [-0.3, -0.25) is 0 Å². The number of benzene rings is 2. The molecule has 0 fully saturated rings. The third-order valence-electron chi connectivity index (χ3n) is 2.68. The first-order valence-corrected chi connectivity index (χ1v) is 6.91. The van der Waals surface area contributed by atoms with Gasteiger partial charge >= 0.3 is 0 Å². The van der Waals surface area contributed by atoms with Gasteiger partial charge in [-0.2, -0.15) is 0 Å². The first-order valence-electron chi connectivity index (χ1n) is 5.93. The van der Waals surface area contributed by atoms with Gasteiger partial charge in [0.2, 0.25) is 0 Å². The van der Waals surface area contributed by atoms with E-state index < -0.39 is 0 Å². The fourth-order valence-electron chi connectivity index (χ4n) is 1.62. The molecule has 2 aromatic rings. The molecule has 94 valence electrons. The van der Waals surface area contributed by atoms with Crippen molar-refractivity contribution in [1.29, 1.82) is 0 Å². The van der Waals surface area contributed by atoms with Crippen LogP contribution in [0.15, 0.2) is 53.4 Å². The topological polar surface area (TPSA) is 35.2 Å². The maximum Gasteiger partial charge on any atom is 0.119 e. The number of thioether (sulfide) groups is 1. The maximum atomic E-state index is 5.87. The van der Waals surface area contributed by atoms with Crippen LogP contribution in [0.25, 0.3) is 0 Å². The van der Waals surface area contributed by atoms with Crippen LogP contribution in [0.3, 0.4) is 0 Å². The SMILES string of the molecule is Cc1c(N)cccc1SCCOc1ccccc1. The van der Waals surface area contributed by atoms with E-state index >= 15 is 0 Å². The van der Waals surface area contributed by atoms with E-state index in [-0.39, 0.29) is 0 Å². The van der Waals surface area contributed by atoms with Gasteiger partial charge in [0, 0.05) is 16.3 Å². The molecule has 0 unspecified atom stereocenters. The Kier molecular flexibility index (Phi) is 4.53. The number of ether oxygens (including phenoxy) is 1. The van der Waals surface area contributed by atoms with Crippen LogP contribution in [0.5, 0.6) is 5.75 Å². The predicted molar refractivity (Wildman–Crippen MR) is 78.3 cm³/mol. The summed E-state index contributed by atoms with van der Waals surface area (Å²) in [5.74, 6) is 1.83. The van der Waals surface area contributed by atoms with Gasteiger partial charge in [-0.15, -0.1) is 11.8 Å². The van der Waals surface area contributed by atoms with Crippen molar-refractivity contribution in [1.82, 2.24) is 0 Å². The summed E-state index contributed by atoms with van der Waals surface area (Å²) < 4.78 is 5.65. The van der Waals surface area contributed by atoms with Gasteiger partial charge in [-0.25, -0.2) is 0 Å². The van der Waals surface area contributed by atoms with Crippen molar-refractivity contribution in [2.45, 2.75) is 11.8 Å². The summed E-state index contributed by atoms with van der Waals surface area (Å²) in [5, 5.41) is 0. The first kappa shape index (κ1) is 12.8. The number of para-hydroxylation sites is 1. The van der Waals surface area contributed by atoms with Crippen LogP contribution in [0.2, 0.25) is 0 Å². The highest BCUT2D eigenvalue weighted by molar-refractivity contribution is 7.99. The maximum absolute atomic E-state index is 5.87. The second kappa shape index (κ2) is 6.36. The molecule has 0 saturated heterocycles. The van der Waals surface area contributed by atoms with Crippen LogP contribution in [-0.2, 0) is 0 Å². The Morgan fingerprint density at radius 2 is 1.83 bits per heavy atom. The predicted octanol–water partition coefficient (Wildman–Crippen LogP) is 3.75. The highest BCUT2D eigenvalue weighted by Crippen LogP contribution is 2.25. The zero-order chi connectivity index (χ0) is 12.8. The molecule has 0 aromatic heterocycles. The third-order valence-corrected chi connectivity index (χ3v) is 3.80. The van der Waals surface area contributed by atoms with E-state index in [1.165, 1.54) is 4.90 Å². The Morgan fingerprint density at radius 3 is 2.61 bits per heavy atom. The fourth-order valence-corrected chi connectivity index (χ4v) is 2.51. The monoisotopic (exact) mass is 259 g/mol. The van der Waals surface area contributed by atoms with E-state index in [0.29, 0.717) is 6.61 Å². The first-order chi connectivity index (χ1) is 8.77. The lowest BCUT2D eigenvalue weighted by atomic mass is 10.2. The molecule has 0 aliphatic carbocycles. The number of nitrogens with two attached hydrogens (primary N) is 1. The van der Waals surface area contributed by atoms with Crippen LogP contribution in [0.1, 0.15) is 5.56 Å². The molecular formula is C15H17NOS.